The highest BCUT2D eigenvalue weighted by Gasteiger charge is 2.41. The summed E-state index contributed by atoms with van der Waals surface area (Å²) >= 11 is 0. The van der Waals surface area contributed by atoms with Crippen LogP contribution < -0.4 is 10.1 Å². The number of hydrogen-bond acceptors (Lipinski definition) is 5. The van der Waals surface area contributed by atoms with Gasteiger partial charge in [-0.15, -0.1) is 5.54 Å². The first-order valence-electron chi connectivity index (χ1n) is 15.7. The quantitative estimate of drug-likeness (QED) is 0.181. The smallest absolute Gasteiger partial charge is 0.407 e. The van der Waals surface area contributed by atoms with E-state index in [1.807, 2.05) is 58.0 Å². The van der Waals surface area contributed by atoms with Crippen molar-refractivity contribution < 1.29 is 19.4 Å². The van der Waals surface area contributed by atoms with E-state index in [1.165, 1.54) is 0 Å². The van der Waals surface area contributed by atoms with Crippen LogP contribution in [0, 0.1) is 23.8 Å². The number of methoxy groups -OCH3 is 1. The summed E-state index contributed by atoms with van der Waals surface area (Å²) < 4.78 is 5.81. The van der Waals surface area contributed by atoms with Gasteiger partial charge in [0.15, 0.2) is 0 Å². The molecule has 45 heavy (non-hydrogen) atoms. The van der Waals surface area contributed by atoms with Gasteiger partial charge in [0.1, 0.15) is 31.4 Å². The molecule has 0 aliphatic rings. The highest BCUT2D eigenvalue weighted by molar-refractivity contribution is 6.90. The molecule has 242 valence electrons. The van der Waals surface area contributed by atoms with E-state index in [9.17, 15) is 14.7 Å². The van der Waals surface area contributed by atoms with Gasteiger partial charge in [0, 0.05) is 23.2 Å². The molecule has 0 aliphatic heterocycles. The lowest BCUT2D eigenvalue weighted by Gasteiger charge is -2.38. The molecule has 0 saturated heterocycles. The third kappa shape index (κ3) is 8.04. The van der Waals surface area contributed by atoms with Crippen LogP contribution in [0.4, 0.5) is 10.6 Å². The minimum absolute atomic E-state index is 0.201. The molecule has 0 spiro atoms. The summed E-state index contributed by atoms with van der Waals surface area (Å²) in [6, 6.07) is 10.6. The summed E-state index contributed by atoms with van der Waals surface area (Å²) in [7, 11) is -0.461. The molecule has 1 unspecified atom stereocenters. The molecule has 8 nitrogen and oxygen atoms in total. The number of ether oxygens (including phenoxy) is 1. The minimum atomic E-state index is -2.09. The second-order valence-corrected chi connectivity index (χ2v) is 19.7. The number of pyridine rings is 2. The molecule has 9 heteroatoms. The number of hydrogen-bond donors (Lipinski definition) is 2. The van der Waals surface area contributed by atoms with Crippen molar-refractivity contribution in [2.24, 2.45) is 5.41 Å². The van der Waals surface area contributed by atoms with Gasteiger partial charge in [0.25, 0.3) is 0 Å². The van der Waals surface area contributed by atoms with Crippen molar-refractivity contribution in [3.8, 4) is 28.3 Å². The van der Waals surface area contributed by atoms with Crippen LogP contribution in [0.5, 0.6) is 5.75 Å². The van der Waals surface area contributed by atoms with Crippen molar-refractivity contribution in [2.45, 2.75) is 98.8 Å². The molecule has 0 radical (unpaired) electrons. The lowest BCUT2D eigenvalue weighted by Crippen LogP contribution is -2.48. The van der Waals surface area contributed by atoms with Crippen molar-refractivity contribution in [3.05, 3.63) is 47.8 Å². The normalized spacial score (nSPS) is 12.7. The van der Waals surface area contributed by atoms with Gasteiger partial charge in [0.2, 0.25) is 5.91 Å². The molecule has 1 atom stereocenters. The Labute approximate surface area is 270 Å². The Kier molecular flexibility index (Phi) is 11.1. The molecule has 0 aliphatic carbocycles. The van der Waals surface area contributed by atoms with Crippen molar-refractivity contribution >= 4 is 36.8 Å². The zero-order valence-electron chi connectivity index (χ0n) is 29.0. The summed E-state index contributed by atoms with van der Waals surface area (Å²) in [6.45, 7) is 23.1. The van der Waals surface area contributed by atoms with Gasteiger partial charge in [-0.05, 0) is 71.8 Å². The maximum Gasteiger partial charge on any atom is 0.407 e. The van der Waals surface area contributed by atoms with Crippen LogP contribution in [0.25, 0.3) is 22.0 Å². The zero-order valence-corrected chi connectivity index (χ0v) is 30.0. The molecule has 3 rings (SSSR count). The highest BCUT2D eigenvalue weighted by atomic mass is 28.3. The molecule has 2 heterocycles. The van der Waals surface area contributed by atoms with E-state index in [4.69, 9.17) is 14.7 Å². The standard InChI is InChI=1S/C36H50N4O4Si/c1-22(2)45(23(3)4,24(5)6)18-17-28-19-27(33-29-14-13-25(7)37-30(29)15-16-31(33)44-12)20-32(38-28)39-34(41)26(8)40(35(42)43)21-36(9,10)11/h13-16,19-20,22-24,26H,21H2,1-12H3,(H,42,43)(H,38,39,41). The van der Waals surface area contributed by atoms with Crippen molar-refractivity contribution in [1.82, 2.24) is 14.9 Å². The minimum Gasteiger partial charge on any atom is -0.496 e. The summed E-state index contributed by atoms with van der Waals surface area (Å²) in [4.78, 5) is 36.3. The van der Waals surface area contributed by atoms with Crippen molar-refractivity contribution in [2.75, 3.05) is 19.0 Å². The monoisotopic (exact) mass is 630 g/mol. The summed E-state index contributed by atoms with van der Waals surface area (Å²) in [5, 5.41) is 13.7. The van der Waals surface area contributed by atoms with E-state index in [0.717, 1.165) is 32.6 Å². The molecule has 2 N–H and O–H groups in total. The van der Waals surface area contributed by atoms with E-state index in [1.54, 1.807) is 20.1 Å². The van der Waals surface area contributed by atoms with E-state index >= 15 is 0 Å². The number of fused-ring (bicyclic) bond motifs is 1. The highest BCUT2D eigenvalue weighted by Crippen LogP contribution is 2.41. The molecule has 0 bridgehead atoms. The molecule has 1 aromatic carbocycles. The Balaban J connectivity index is 2.25. The number of rotatable bonds is 9. The fourth-order valence-corrected chi connectivity index (χ4v) is 11.6. The predicted molar refractivity (Wildman–Crippen MR) is 186 cm³/mol. The molecular formula is C36H50N4O4Si. The summed E-state index contributed by atoms with van der Waals surface area (Å²) in [6.07, 6.45) is -1.15. The molecule has 0 fully saturated rings. The molecule has 0 saturated carbocycles. The number of amides is 2. The second kappa shape index (κ2) is 14.0. The zero-order chi connectivity index (χ0) is 33.9. The summed E-state index contributed by atoms with van der Waals surface area (Å²) in [5.74, 6) is 3.91. The topological polar surface area (TPSA) is 105 Å². The van der Waals surface area contributed by atoms with Crippen LogP contribution in [0.1, 0.15) is 80.6 Å². The number of anilines is 1. The number of carbonyl (C=O) groups excluding carboxylic acids is 1. The first-order valence-corrected chi connectivity index (χ1v) is 17.9. The van der Waals surface area contributed by atoms with Crippen LogP contribution in [-0.4, -0.2) is 59.7 Å². The van der Waals surface area contributed by atoms with Crippen LogP contribution in [0.15, 0.2) is 36.4 Å². The first kappa shape index (κ1) is 35.6. The molecule has 2 aromatic heterocycles. The second-order valence-electron chi connectivity index (χ2n) is 14.1. The van der Waals surface area contributed by atoms with E-state index in [-0.39, 0.29) is 12.0 Å². The number of nitrogens with zero attached hydrogens (tertiary/aromatic N) is 3. The Morgan fingerprint density at radius 2 is 1.60 bits per heavy atom. The molecule has 3 aromatic rings. The maximum absolute atomic E-state index is 13.5. The Morgan fingerprint density at radius 3 is 2.13 bits per heavy atom. The predicted octanol–water partition coefficient (Wildman–Crippen LogP) is 8.54. The van der Waals surface area contributed by atoms with Gasteiger partial charge in [-0.2, -0.15) is 0 Å². The molecule has 2 amide bonds. The van der Waals surface area contributed by atoms with E-state index in [2.05, 4.69) is 58.3 Å². The van der Waals surface area contributed by atoms with Crippen LogP contribution >= 0.6 is 0 Å². The maximum atomic E-state index is 13.5. The van der Waals surface area contributed by atoms with Crippen LogP contribution in [0.3, 0.4) is 0 Å². The van der Waals surface area contributed by atoms with Gasteiger partial charge in [-0.1, -0.05) is 74.3 Å². The average molecular weight is 631 g/mol. The number of carbonyl (C=O) groups is 2. The summed E-state index contributed by atoms with van der Waals surface area (Å²) in [5.41, 5.74) is 8.55. The largest absolute Gasteiger partial charge is 0.496 e. The lowest BCUT2D eigenvalue weighted by molar-refractivity contribution is -0.120. The Bertz CT molecular complexity index is 1590. The van der Waals surface area contributed by atoms with E-state index in [0.29, 0.717) is 33.9 Å². The van der Waals surface area contributed by atoms with Crippen molar-refractivity contribution in [1.29, 1.82) is 0 Å². The number of benzene rings is 1. The van der Waals surface area contributed by atoms with Gasteiger partial charge in [0.05, 0.1) is 12.6 Å². The van der Waals surface area contributed by atoms with Crippen LogP contribution in [0.2, 0.25) is 16.6 Å². The lowest BCUT2D eigenvalue weighted by atomic mass is 9.95. The number of carboxylic acid groups (broad SMARTS) is 1. The number of aromatic nitrogens is 2. The Hall–Kier alpha value is -3.90. The fraction of sp³-hybridized carbons (Fsp3) is 0.500. The Morgan fingerprint density at radius 1 is 0.978 bits per heavy atom. The first-order chi connectivity index (χ1) is 20.9. The van der Waals surface area contributed by atoms with Gasteiger partial charge in [-0.25, -0.2) is 9.78 Å². The third-order valence-electron chi connectivity index (χ3n) is 8.57. The third-order valence-corrected chi connectivity index (χ3v) is 14.9. The SMILES string of the molecule is COc1ccc2nc(C)ccc2c1-c1cc(C#C[Si](C(C)C)(C(C)C)C(C)C)nc(NC(=O)C(C)N(CC(C)(C)C)C(=O)O)c1. The van der Waals surface area contributed by atoms with Crippen molar-refractivity contribution in [3.63, 3.8) is 0 Å². The molecular weight excluding hydrogens is 581 g/mol. The average Bonchev–Trinajstić information content (AvgIpc) is 2.93. The fourth-order valence-electron chi connectivity index (χ4n) is 6.42. The van der Waals surface area contributed by atoms with E-state index < -0.39 is 26.1 Å². The van der Waals surface area contributed by atoms with Crippen LogP contribution in [-0.2, 0) is 4.79 Å². The van der Waals surface area contributed by atoms with Gasteiger partial charge < -0.3 is 15.2 Å². The van der Waals surface area contributed by atoms with Gasteiger partial charge >= 0.3 is 6.09 Å². The number of nitrogens with one attached hydrogen (secondary N) is 1. The number of aryl methyl sites for hydroxylation is 1. The van der Waals surface area contributed by atoms with Gasteiger partial charge in [-0.3, -0.25) is 14.7 Å².